The quantitative estimate of drug-likeness (QED) is 0.455. The van der Waals surface area contributed by atoms with E-state index in [4.69, 9.17) is 6.57 Å². The average Bonchev–Trinajstić information content (AvgIpc) is 2.56. The molecule has 0 aliphatic carbocycles. The molecule has 0 atom stereocenters. The average molecular weight is 476 g/mol. The Morgan fingerprint density at radius 1 is 1.04 bits per heavy atom. The first kappa shape index (κ1) is 17.1. The minimum atomic E-state index is 0. The van der Waals surface area contributed by atoms with Crippen molar-refractivity contribution in [3.05, 3.63) is 83.3 Å². The smallest absolute Gasteiger partial charge is 0.187 e. The Kier molecular flexibility index (Phi) is 5.45. The number of pyridine rings is 1. The van der Waals surface area contributed by atoms with Crippen LogP contribution in [0.15, 0.2) is 54.7 Å². The van der Waals surface area contributed by atoms with E-state index in [1.54, 1.807) is 0 Å². The third-order valence-electron chi connectivity index (χ3n) is 3.70. The van der Waals surface area contributed by atoms with Gasteiger partial charge in [0.15, 0.2) is 5.69 Å². The summed E-state index contributed by atoms with van der Waals surface area (Å²) in [6.45, 7) is 11.3. The standard InChI is InChI=1S/C20H15N2.Ir/c1-14-9-10-18(21-3)12-19(14)17-11-15(2)20(22-13-17)16-7-5-4-6-8-16;/h4-7,9-13H,1-2H3;/q-1;. The van der Waals surface area contributed by atoms with Crippen molar-refractivity contribution in [2.24, 2.45) is 0 Å². The predicted octanol–water partition coefficient (Wildman–Crippen LogP) is 5.38. The minimum absolute atomic E-state index is 0. The van der Waals surface area contributed by atoms with Gasteiger partial charge in [0.2, 0.25) is 0 Å². The van der Waals surface area contributed by atoms with E-state index in [-0.39, 0.29) is 20.1 Å². The monoisotopic (exact) mass is 476 g/mol. The molecule has 3 aromatic rings. The number of aryl methyl sites for hydroxylation is 2. The van der Waals surface area contributed by atoms with Gasteiger partial charge < -0.3 is 4.98 Å². The van der Waals surface area contributed by atoms with Crippen LogP contribution in [0.5, 0.6) is 0 Å². The number of nitrogens with zero attached hydrogens (tertiary/aromatic N) is 2. The van der Waals surface area contributed by atoms with Gasteiger partial charge in [-0.05, 0) is 42.3 Å². The van der Waals surface area contributed by atoms with E-state index in [9.17, 15) is 0 Å². The third kappa shape index (κ3) is 3.56. The molecule has 2 aromatic carbocycles. The fraction of sp³-hybridized carbons (Fsp3) is 0.100. The van der Waals surface area contributed by atoms with Gasteiger partial charge in [-0.2, -0.15) is 0 Å². The van der Waals surface area contributed by atoms with E-state index >= 15 is 0 Å². The maximum Gasteiger partial charge on any atom is 0.187 e. The number of hydrogen-bond donors (Lipinski definition) is 0. The zero-order valence-corrected chi connectivity index (χ0v) is 15.3. The molecule has 115 valence electrons. The molecule has 0 N–H and O–H groups in total. The molecule has 1 heterocycles. The van der Waals surface area contributed by atoms with Crippen molar-refractivity contribution in [2.75, 3.05) is 0 Å². The van der Waals surface area contributed by atoms with E-state index in [0.717, 1.165) is 33.5 Å². The third-order valence-corrected chi connectivity index (χ3v) is 3.70. The van der Waals surface area contributed by atoms with Crippen molar-refractivity contribution < 1.29 is 20.1 Å². The second-order valence-electron chi connectivity index (χ2n) is 5.28. The zero-order chi connectivity index (χ0) is 15.5. The number of aromatic nitrogens is 1. The van der Waals surface area contributed by atoms with E-state index in [1.807, 2.05) is 48.7 Å². The fourth-order valence-electron chi connectivity index (χ4n) is 2.54. The van der Waals surface area contributed by atoms with Gasteiger partial charge in [0, 0.05) is 26.3 Å². The Labute approximate surface area is 150 Å². The summed E-state index contributed by atoms with van der Waals surface area (Å²) in [5.74, 6) is 0. The molecule has 0 bridgehead atoms. The molecule has 0 saturated carbocycles. The maximum atomic E-state index is 7.17. The molecule has 2 nitrogen and oxygen atoms in total. The molecule has 0 aliphatic rings. The molecule has 3 rings (SSSR count). The van der Waals surface area contributed by atoms with Crippen LogP contribution in [-0.4, -0.2) is 4.98 Å². The summed E-state index contributed by atoms with van der Waals surface area (Å²) in [5, 5.41) is 0. The Bertz CT molecular complexity index is 865. The van der Waals surface area contributed by atoms with Gasteiger partial charge in [-0.25, -0.2) is 4.85 Å². The second-order valence-corrected chi connectivity index (χ2v) is 5.28. The van der Waals surface area contributed by atoms with E-state index < -0.39 is 0 Å². The molecule has 0 saturated heterocycles. The van der Waals surface area contributed by atoms with Crippen molar-refractivity contribution in [3.63, 3.8) is 0 Å². The minimum Gasteiger partial charge on any atom is -0.304 e. The summed E-state index contributed by atoms with van der Waals surface area (Å²) in [7, 11) is 0. The summed E-state index contributed by atoms with van der Waals surface area (Å²) in [4.78, 5) is 8.12. The molecule has 23 heavy (non-hydrogen) atoms. The van der Waals surface area contributed by atoms with Gasteiger partial charge in [0.05, 0.1) is 6.57 Å². The number of hydrogen-bond acceptors (Lipinski definition) is 1. The SMILES string of the molecule is [C-]#[N+]c1ccc(C)c(-c2cnc(-c3[c-]cccc3)c(C)c2)c1.[Ir]. The van der Waals surface area contributed by atoms with Crippen LogP contribution in [0.25, 0.3) is 27.2 Å². The van der Waals surface area contributed by atoms with Crippen LogP contribution in [0.4, 0.5) is 5.69 Å². The maximum absolute atomic E-state index is 7.17. The van der Waals surface area contributed by atoms with Gasteiger partial charge in [0.1, 0.15) is 0 Å². The molecule has 3 heteroatoms. The van der Waals surface area contributed by atoms with Crippen LogP contribution >= 0.6 is 0 Å². The van der Waals surface area contributed by atoms with Gasteiger partial charge in [0.25, 0.3) is 0 Å². The van der Waals surface area contributed by atoms with E-state index in [1.165, 1.54) is 0 Å². The summed E-state index contributed by atoms with van der Waals surface area (Å²) >= 11 is 0. The molecule has 1 radical (unpaired) electrons. The van der Waals surface area contributed by atoms with Crippen LogP contribution in [0, 0.1) is 26.5 Å². The largest absolute Gasteiger partial charge is 0.304 e. The Morgan fingerprint density at radius 3 is 2.52 bits per heavy atom. The van der Waals surface area contributed by atoms with Gasteiger partial charge >= 0.3 is 0 Å². The van der Waals surface area contributed by atoms with E-state index in [0.29, 0.717) is 5.69 Å². The summed E-state index contributed by atoms with van der Waals surface area (Å²) in [6.07, 6.45) is 1.87. The van der Waals surface area contributed by atoms with Crippen molar-refractivity contribution in [1.82, 2.24) is 4.98 Å². The molecule has 0 spiro atoms. The van der Waals surface area contributed by atoms with Crippen molar-refractivity contribution in [3.8, 4) is 22.4 Å². The molecule has 1 aromatic heterocycles. The van der Waals surface area contributed by atoms with Crippen LogP contribution < -0.4 is 0 Å². The number of benzene rings is 2. The first-order valence-corrected chi connectivity index (χ1v) is 7.11. The van der Waals surface area contributed by atoms with Crippen LogP contribution in [-0.2, 0) is 20.1 Å². The van der Waals surface area contributed by atoms with Gasteiger partial charge in [-0.1, -0.05) is 23.8 Å². The van der Waals surface area contributed by atoms with Crippen LogP contribution in [0.2, 0.25) is 0 Å². The molecule has 0 amide bonds. The Balaban J connectivity index is 0.00000192. The van der Waals surface area contributed by atoms with Crippen LogP contribution in [0.3, 0.4) is 0 Å². The van der Waals surface area contributed by atoms with Crippen LogP contribution in [0.1, 0.15) is 11.1 Å². The molecule has 0 aliphatic heterocycles. The van der Waals surface area contributed by atoms with Crippen molar-refractivity contribution in [1.29, 1.82) is 0 Å². The topological polar surface area (TPSA) is 17.2 Å². The first-order valence-electron chi connectivity index (χ1n) is 7.11. The first-order chi connectivity index (χ1) is 10.7. The van der Waals surface area contributed by atoms with E-state index in [2.05, 4.69) is 35.8 Å². The normalized spacial score (nSPS) is 9.78. The summed E-state index contributed by atoms with van der Waals surface area (Å²) in [5.41, 5.74) is 6.95. The Morgan fingerprint density at radius 2 is 1.87 bits per heavy atom. The second kappa shape index (κ2) is 7.33. The van der Waals surface area contributed by atoms with Crippen molar-refractivity contribution >= 4 is 5.69 Å². The molecular weight excluding hydrogens is 460 g/mol. The predicted molar refractivity (Wildman–Crippen MR) is 89.7 cm³/mol. The zero-order valence-electron chi connectivity index (χ0n) is 12.9. The molecular formula is C20H15IrN2-. The van der Waals surface area contributed by atoms with Gasteiger partial charge in [-0.15, -0.1) is 35.9 Å². The summed E-state index contributed by atoms with van der Waals surface area (Å²) < 4.78 is 0. The van der Waals surface area contributed by atoms with Crippen molar-refractivity contribution in [2.45, 2.75) is 13.8 Å². The molecule has 0 fully saturated rings. The Hall–Kier alpha value is -2.27. The molecule has 0 unspecified atom stereocenters. The fourth-order valence-corrected chi connectivity index (χ4v) is 2.54. The summed E-state index contributed by atoms with van der Waals surface area (Å²) in [6, 6.07) is 18.9. The number of rotatable bonds is 2. The van der Waals surface area contributed by atoms with Gasteiger partial charge in [-0.3, -0.25) is 0 Å².